The summed E-state index contributed by atoms with van der Waals surface area (Å²) in [6.45, 7) is 1.48. The van der Waals surface area contributed by atoms with Crippen molar-refractivity contribution in [2.45, 2.75) is 6.92 Å². The van der Waals surface area contributed by atoms with Gasteiger partial charge in [-0.3, -0.25) is 4.79 Å². The molecule has 1 aromatic carbocycles. The standard InChI is InChI=1S/C8H10N2OS/c1-6(11)9-7-2-4-8(10-12)5-3-7/h2-5,10,12H,1H3,(H,9,11). The molecule has 4 heteroatoms. The van der Waals surface area contributed by atoms with Crippen molar-refractivity contribution in [2.24, 2.45) is 0 Å². The summed E-state index contributed by atoms with van der Waals surface area (Å²) >= 11 is 3.88. The Labute approximate surface area is 76.7 Å². The zero-order valence-corrected chi connectivity index (χ0v) is 7.56. The number of amides is 1. The molecular weight excluding hydrogens is 172 g/mol. The summed E-state index contributed by atoms with van der Waals surface area (Å²) in [5, 5.41) is 2.66. The molecule has 0 spiro atoms. The van der Waals surface area contributed by atoms with Crippen LogP contribution in [0, 0.1) is 0 Å². The van der Waals surface area contributed by atoms with Crippen molar-refractivity contribution >= 4 is 30.1 Å². The molecular formula is C8H10N2OS. The Morgan fingerprint density at radius 2 is 1.75 bits per heavy atom. The van der Waals surface area contributed by atoms with Gasteiger partial charge in [-0.15, -0.1) is 0 Å². The summed E-state index contributed by atoms with van der Waals surface area (Å²) in [5.41, 5.74) is 1.68. The smallest absolute Gasteiger partial charge is 0.221 e. The van der Waals surface area contributed by atoms with Gasteiger partial charge in [-0.25, -0.2) is 0 Å². The summed E-state index contributed by atoms with van der Waals surface area (Å²) in [7, 11) is 0. The van der Waals surface area contributed by atoms with E-state index in [1.165, 1.54) is 6.92 Å². The molecule has 0 aliphatic heterocycles. The molecule has 1 aromatic rings. The number of thiol groups is 1. The normalized spacial score (nSPS) is 9.17. The van der Waals surface area contributed by atoms with E-state index >= 15 is 0 Å². The minimum Gasteiger partial charge on any atom is -0.332 e. The molecule has 12 heavy (non-hydrogen) atoms. The van der Waals surface area contributed by atoms with Crippen molar-refractivity contribution in [3.05, 3.63) is 24.3 Å². The summed E-state index contributed by atoms with van der Waals surface area (Å²) in [4.78, 5) is 10.6. The van der Waals surface area contributed by atoms with Crippen molar-refractivity contribution in [1.29, 1.82) is 0 Å². The van der Waals surface area contributed by atoms with Gasteiger partial charge in [-0.1, -0.05) is 12.8 Å². The van der Waals surface area contributed by atoms with E-state index in [4.69, 9.17) is 0 Å². The summed E-state index contributed by atoms with van der Waals surface area (Å²) < 4.78 is 2.69. The average Bonchev–Trinajstić information content (AvgIpc) is 2.05. The molecule has 1 rings (SSSR count). The molecule has 2 N–H and O–H groups in total. The fourth-order valence-corrected chi connectivity index (χ4v) is 0.980. The highest BCUT2D eigenvalue weighted by molar-refractivity contribution is 7.81. The molecule has 0 aromatic heterocycles. The first-order valence-corrected chi connectivity index (χ1v) is 3.95. The monoisotopic (exact) mass is 182 g/mol. The fourth-order valence-electron chi connectivity index (χ4n) is 0.831. The van der Waals surface area contributed by atoms with Crippen LogP contribution in [0.1, 0.15) is 6.92 Å². The van der Waals surface area contributed by atoms with Crippen molar-refractivity contribution in [3.8, 4) is 0 Å². The molecule has 0 saturated heterocycles. The molecule has 0 bridgehead atoms. The molecule has 0 atom stereocenters. The van der Waals surface area contributed by atoms with Crippen molar-refractivity contribution in [3.63, 3.8) is 0 Å². The molecule has 64 valence electrons. The van der Waals surface area contributed by atoms with Crippen molar-refractivity contribution in [2.75, 3.05) is 10.0 Å². The number of benzene rings is 1. The quantitative estimate of drug-likeness (QED) is 0.611. The Bertz CT molecular complexity index is 271. The molecule has 0 heterocycles. The predicted octanol–water partition coefficient (Wildman–Crippen LogP) is 1.90. The second-order valence-electron chi connectivity index (χ2n) is 2.37. The third-order valence-corrected chi connectivity index (χ3v) is 1.59. The van der Waals surface area contributed by atoms with Gasteiger partial charge in [0.2, 0.25) is 5.91 Å². The van der Waals surface area contributed by atoms with Gasteiger partial charge in [0.25, 0.3) is 0 Å². The molecule has 0 aliphatic rings. The summed E-state index contributed by atoms with van der Waals surface area (Å²) in [6.07, 6.45) is 0. The van der Waals surface area contributed by atoms with Crippen LogP contribution < -0.4 is 10.0 Å². The van der Waals surface area contributed by atoms with Crippen LogP contribution in [0.15, 0.2) is 24.3 Å². The minimum atomic E-state index is -0.0680. The van der Waals surface area contributed by atoms with Gasteiger partial charge in [0.05, 0.1) is 0 Å². The van der Waals surface area contributed by atoms with E-state index in [1.54, 1.807) is 12.1 Å². The second-order valence-corrected chi connectivity index (χ2v) is 2.59. The molecule has 0 aliphatic carbocycles. The van der Waals surface area contributed by atoms with Crippen LogP contribution in [0.5, 0.6) is 0 Å². The topological polar surface area (TPSA) is 41.1 Å². The largest absolute Gasteiger partial charge is 0.332 e. The van der Waals surface area contributed by atoms with E-state index in [9.17, 15) is 4.79 Å². The zero-order valence-electron chi connectivity index (χ0n) is 6.66. The van der Waals surface area contributed by atoms with Gasteiger partial charge in [0, 0.05) is 18.3 Å². The molecule has 1 amide bonds. The van der Waals surface area contributed by atoms with Gasteiger partial charge in [0.15, 0.2) is 0 Å². The van der Waals surface area contributed by atoms with E-state index in [2.05, 4.69) is 22.9 Å². The lowest BCUT2D eigenvalue weighted by molar-refractivity contribution is -0.114. The number of nitrogens with one attached hydrogen (secondary N) is 2. The first-order chi connectivity index (χ1) is 5.72. The van der Waals surface area contributed by atoms with Gasteiger partial charge in [-0.2, -0.15) is 0 Å². The van der Waals surface area contributed by atoms with Crippen molar-refractivity contribution in [1.82, 2.24) is 0 Å². The number of carbonyl (C=O) groups excluding carboxylic acids is 1. The number of anilines is 2. The predicted molar refractivity (Wildman–Crippen MR) is 53.4 cm³/mol. The highest BCUT2D eigenvalue weighted by atomic mass is 32.1. The third-order valence-electron chi connectivity index (χ3n) is 1.33. The van der Waals surface area contributed by atoms with E-state index < -0.39 is 0 Å². The third kappa shape index (κ3) is 2.47. The Morgan fingerprint density at radius 1 is 1.25 bits per heavy atom. The van der Waals surface area contributed by atoms with E-state index in [-0.39, 0.29) is 5.91 Å². The Morgan fingerprint density at radius 3 is 2.17 bits per heavy atom. The lowest BCUT2D eigenvalue weighted by Crippen LogP contribution is -2.05. The summed E-state index contributed by atoms with van der Waals surface area (Å²) in [6, 6.07) is 7.27. The number of rotatable bonds is 2. The molecule has 0 saturated carbocycles. The lowest BCUT2D eigenvalue weighted by atomic mass is 10.3. The van der Waals surface area contributed by atoms with Gasteiger partial charge < -0.3 is 10.0 Å². The first kappa shape index (κ1) is 8.93. The molecule has 0 radical (unpaired) electrons. The minimum absolute atomic E-state index is 0.0680. The fraction of sp³-hybridized carbons (Fsp3) is 0.125. The van der Waals surface area contributed by atoms with Gasteiger partial charge in [0.1, 0.15) is 0 Å². The highest BCUT2D eigenvalue weighted by Crippen LogP contribution is 2.13. The second kappa shape index (κ2) is 4.01. The lowest BCUT2D eigenvalue weighted by Gasteiger charge is -2.02. The van der Waals surface area contributed by atoms with Crippen LogP contribution in [0.3, 0.4) is 0 Å². The first-order valence-electron chi connectivity index (χ1n) is 3.50. The Kier molecular flexibility index (Phi) is 2.99. The molecule has 0 fully saturated rings. The number of carbonyl (C=O) groups is 1. The Balaban J connectivity index is 2.71. The van der Waals surface area contributed by atoms with Crippen LogP contribution >= 0.6 is 12.8 Å². The average molecular weight is 182 g/mol. The maximum Gasteiger partial charge on any atom is 0.221 e. The van der Waals surface area contributed by atoms with Crippen LogP contribution in [-0.4, -0.2) is 5.91 Å². The SMILES string of the molecule is CC(=O)Nc1ccc(NS)cc1. The van der Waals surface area contributed by atoms with E-state index in [0.29, 0.717) is 0 Å². The number of hydrogen-bond donors (Lipinski definition) is 3. The van der Waals surface area contributed by atoms with Crippen LogP contribution in [0.2, 0.25) is 0 Å². The maximum atomic E-state index is 10.6. The maximum absolute atomic E-state index is 10.6. The van der Waals surface area contributed by atoms with Crippen LogP contribution in [0.25, 0.3) is 0 Å². The zero-order chi connectivity index (χ0) is 8.97. The van der Waals surface area contributed by atoms with Crippen LogP contribution in [0.4, 0.5) is 11.4 Å². The molecule has 0 unspecified atom stereocenters. The summed E-state index contributed by atoms with van der Waals surface area (Å²) in [5.74, 6) is -0.0680. The van der Waals surface area contributed by atoms with Gasteiger partial charge in [-0.05, 0) is 24.3 Å². The van der Waals surface area contributed by atoms with E-state index in [1.807, 2.05) is 12.1 Å². The highest BCUT2D eigenvalue weighted by Gasteiger charge is 1.93. The number of hydrogen-bond acceptors (Lipinski definition) is 3. The Hall–Kier alpha value is -1.16. The van der Waals surface area contributed by atoms with Crippen LogP contribution in [-0.2, 0) is 4.79 Å². The van der Waals surface area contributed by atoms with Crippen molar-refractivity contribution < 1.29 is 4.79 Å². The van der Waals surface area contributed by atoms with E-state index in [0.717, 1.165) is 11.4 Å². The molecule has 3 nitrogen and oxygen atoms in total. The van der Waals surface area contributed by atoms with Gasteiger partial charge >= 0.3 is 0 Å².